The summed E-state index contributed by atoms with van der Waals surface area (Å²) in [6.07, 6.45) is 7.55. The van der Waals surface area contributed by atoms with Crippen molar-refractivity contribution in [2.45, 2.75) is 25.8 Å². The van der Waals surface area contributed by atoms with Gasteiger partial charge in [-0.2, -0.15) is 0 Å². The number of halogens is 1. The van der Waals surface area contributed by atoms with Crippen LogP contribution in [0, 0.1) is 6.92 Å². The van der Waals surface area contributed by atoms with Crippen LogP contribution in [0.2, 0.25) is 0 Å². The molecule has 0 unspecified atom stereocenters. The van der Waals surface area contributed by atoms with Gasteiger partial charge in [0.05, 0.1) is 6.04 Å². The number of aromatic nitrogens is 3. The summed E-state index contributed by atoms with van der Waals surface area (Å²) >= 11 is 3.34. The second kappa shape index (κ2) is 5.97. The molecule has 1 fully saturated rings. The number of imidazole rings is 1. The van der Waals surface area contributed by atoms with Gasteiger partial charge in [-0.15, -0.1) is 0 Å². The van der Waals surface area contributed by atoms with E-state index in [0.717, 1.165) is 29.7 Å². The third-order valence-corrected chi connectivity index (χ3v) is 4.36. The number of hydrogen-bond acceptors (Lipinski definition) is 3. The molecular formula is C15H17BrN4O. The lowest BCUT2D eigenvalue weighted by Crippen LogP contribution is -2.41. The highest BCUT2D eigenvalue weighted by atomic mass is 79.9. The molecule has 0 saturated carbocycles. The van der Waals surface area contributed by atoms with Crippen molar-refractivity contribution >= 4 is 21.8 Å². The van der Waals surface area contributed by atoms with E-state index in [1.807, 2.05) is 30.3 Å². The van der Waals surface area contributed by atoms with Gasteiger partial charge in [0.25, 0.3) is 5.91 Å². The Morgan fingerprint density at radius 2 is 2.24 bits per heavy atom. The van der Waals surface area contributed by atoms with Crippen LogP contribution < -0.4 is 0 Å². The van der Waals surface area contributed by atoms with E-state index in [9.17, 15) is 4.79 Å². The van der Waals surface area contributed by atoms with Crippen molar-refractivity contribution in [3.05, 3.63) is 46.7 Å². The number of piperidine rings is 1. The molecule has 0 spiro atoms. The van der Waals surface area contributed by atoms with Crippen molar-refractivity contribution in [1.29, 1.82) is 0 Å². The Hall–Kier alpha value is -1.69. The maximum absolute atomic E-state index is 12.5. The standard InChI is InChI=1S/C15H17BrN4O/c1-11-17-6-8-20(11)13-3-2-7-19(10-13)15(21)14-5-4-12(16)9-18-14/h4-6,8-9,13H,2-3,7,10H2,1H3/t13-/m0/s1. The summed E-state index contributed by atoms with van der Waals surface area (Å²) in [5, 5.41) is 0. The molecule has 6 heteroatoms. The van der Waals surface area contributed by atoms with Gasteiger partial charge in [-0.25, -0.2) is 9.97 Å². The molecule has 110 valence electrons. The maximum atomic E-state index is 12.5. The monoisotopic (exact) mass is 348 g/mol. The first-order chi connectivity index (χ1) is 10.1. The molecule has 1 aliphatic heterocycles. The predicted octanol–water partition coefficient (Wildman–Crippen LogP) is 2.83. The minimum Gasteiger partial charge on any atom is -0.335 e. The number of aryl methyl sites for hydroxylation is 1. The molecule has 1 atom stereocenters. The first-order valence-corrected chi connectivity index (χ1v) is 7.84. The van der Waals surface area contributed by atoms with E-state index in [0.29, 0.717) is 18.3 Å². The topological polar surface area (TPSA) is 51.0 Å². The van der Waals surface area contributed by atoms with Crippen LogP contribution in [0.3, 0.4) is 0 Å². The van der Waals surface area contributed by atoms with Gasteiger partial charge in [0.2, 0.25) is 0 Å². The summed E-state index contributed by atoms with van der Waals surface area (Å²) in [5.41, 5.74) is 0.501. The highest BCUT2D eigenvalue weighted by Crippen LogP contribution is 2.23. The Labute approximate surface area is 132 Å². The SMILES string of the molecule is Cc1nccn1[C@H]1CCCN(C(=O)c2ccc(Br)cn2)C1. The Bertz CT molecular complexity index is 637. The van der Waals surface area contributed by atoms with Gasteiger partial charge in [0, 0.05) is 36.2 Å². The second-order valence-electron chi connectivity index (χ2n) is 5.29. The molecule has 0 aromatic carbocycles. The summed E-state index contributed by atoms with van der Waals surface area (Å²) in [4.78, 5) is 22.9. The van der Waals surface area contributed by atoms with Crippen LogP contribution in [-0.4, -0.2) is 38.4 Å². The number of likely N-dealkylation sites (tertiary alicyclic amines) is 1. The molecule has 21 heavy (non-hydrogen) atoms. The molecule has 0 aliphatic carbocycles. The highest BCUT2D eigenvalue weighted by Gasteiger charge is 2.26. The zero-order valence-corrected chi connectivity index (χ0v) is 13.5. The minimum absolute atomic E-state index is 0.00460. The summed E-state index contributed by atoms with van der Waals surface area (Å²) in [5.74, 6) is 1.00. The predicted molar refractivity (Wildman–Crippen MR) is 83.1 cm³/mol. The van der Waals surface area contributed by atoms with E-state index in [2.05, 4.69) is 30.5 Å². The average molecular weight is 349 g/mol. The Morgan fingerprint density at radius 3 is 2.90 bits per heavy atom. The normalized spacial score (nSPS) is 18.8. The first-order valence-electron chi connectivity index (χ1n) is 7.05. The fraction of sp³-hybridized carbons (Fsp3) is 0.400. The first kappa shape index (κ1) is 14.3. The summed E-state index contributed by atoms with van der Waals surface area (Å²) < 4.78 is 3.04. The lowest BCUT2D eigenvalue weighted by atomic mass is 10.0. The van der Waals surface area contributed by atoms with Gasteiger partial charge in [0.15, 0.2) is 0 Å². The van der Waals surface area contributed by atoms with Crippen LogP contribution in [0.1, 0.15) is 35.2 Å². The molecule has 5 nitrogen and oxygen atoms in total. The lowest BCUT2D eigenvalue weighted by molar-refractivity contribution is 0.0672. The number of pyridine rings is 1. The van der Waals surface area contributed by atoms with Crippen molar-refractivity contribution in [3.8, 4) is 0 Å². The number of amides is 1. The summed E-state index contributed by atoms with van der Waals surface area (Å²) in [7, 11) is 0. The van der Waals surface area contributed by atoms with Crippen molar-refractivity contribution in [2.75, 3.05) is 13.1 Å². The second-order valence-corrected chi connectivity index (χ2v) is 6.21. The third kappa shape index (κ3) is 3.00. The Kier molecular flexibility index (Phi) is 4.05. The number of rotatable bonds is 2. The molecule has 3 heterocycles. The molecule has 0 bridgehead atoms. The number of carbonyl (C=O) groups is 1. The number of hydrogen-bond donors (Lipinski definition) is 0. The molecular weight excluding hydrogens is 332 g/mol. The van der Waals surface area contributed by atoms with Crippen molar-refractivity contribution in [3.63, 3.8) is 0 Å². The summed E-state index contributed by atoms with van der Waals surface area (Å²) in [6.45, 7) is 3.51. The third-order valence-electron chi connectivity index (χ3n) is 3.89. The molecule has 2 aromatic rings. The van der Waals surface area contributed by atoms with Crippen LogP contribution in [-0.2, 0) is 0 Å². The molecule has 1 saturated heterocycles. The zero-order chi connectivity index (χ0) is 14.8. The number of carbonyl (C=O) groups excluding carboxylic acids is 1. The molecule has 3 rings (SSSR count). The van der Waals surface area contributed by atoms with Crippen molar-refractivity contribution in [2.24, 2.45) is 0 Å². The Balaban J connectivity index is 1.75. The largest absolute Gasteiger partial charge is 0.335 e. The molecule has 2 aromatic heterocycles. The van der Waals surface area contributed by atoms with Crippen LogP contribution in [0.25, 0.3) is 0 Å². The molecule has 0 N–H and O–H groups in total. The van der Waals surface area contributed by atoms with Gasteiger partial charge in [0.1, 0.15) is 11.5 Å². The van der Waals surface area contributed by atoms with Gasteiger partial charge in [-0.05, 0) is 47.8 Å². The zero-order valence-electron chi connectivity index (χ0n) is 11.9. The highest BCUT2D eigenvalue weighted by molar-refractivity contribution is 9.10. The van der Waals surface area contributed by atoms with E-state index in [-0.39, 0.29) is 5.91 Å². The van der Waals surface area contributed by atoms with Crippen LogP contribution in [0.15, 0.2) is 35.2 Å². The van der Waals surface area contributed by atoms with Crippen LogP contribution in [0.4, 0.5) is 0 Å². The van der Waals surface area contributed by atoms with Gasteiger partial charge in [-0.3, -0.25) is 4.79 Å². The van der Waals surface area contributed by atoms with Crippen molar-refractivity contribution in [1.82, 2.24) is 19.4 Å². The average Bonchev–Trinajstić information content (AvgIpc) is 2.94. The summed E-state index contributed by atoms with van der Waals surface area (Å²) in [6, 6.07) is 3.92. The number of nitrogens with zero attached hydrogens (tertiary/aromatic N) is 4. The van der Waals surface area contributed by atoms with Crippen LogP contribution in [0.5, 0.6) is 0 Å². The lowest BCUT2D eigenvalue weighted by Gasteiger charge is -2.33. The molecule has 0 radical (unpaired) electrons. The minimum atomic E-state index is 0.00460. The van der Waals surface area contributed by atoms with E-state index in [1.54, 1.807) is 12.3 Å². The maximum Gasteiger partial charge on any atom is 0.272 e. The van der Waals surface area contributed by atoms with E-state index in [1.165, 1.54) is 0 Å². The van der Waals surface area contributed by atoms with Gasteiger partial charge < -0.3 is 9.47 Å². The quantitative estimate of drug-likeness (QED) is 0.838. The van der Waals surface area contributed by atoms with Gasteiger partial charge >= 0.3 is 0 Å². The molecule has 1 aliphatic rings. The fourth-order valence-electron chi connectivity index (χ4n) is 2.80. The Morgan fingerprint density at radius 1 is 1.38 bits per heavy atom. The van der Waals surface area contributed by atoms with E-state index >= 15 is 0 Å². The molecule has 1 amide bonds. The van der Waals surface area contributed by atoms with Crippen molar-refractivity contribution < 1.29 is 4.79 Å². The fourth-order valence-corrected chi connectivity index (χ4v) is 3.04. The van der Waals surface area contributed by atoms with E-state index < -0.39 is 0 Å². The van der Waals surface area contributed by atoms with Crippen LogP contribution >= 0.6 is 15.9 Å². The van der Waals surface area contributed by atoms with E-state index in [4.69, 9.17) is 0 Å². The van der Waals surface area contributed by atoms with Gasteiger partial charge in [-0.1, -0.05) is 0 Å². The smallest absolute Gasteiger partial charge is 0.272 e.